The van der Waals surface area contributed by atoms with Gasteiger partial charge in [0.25, 0.3) is 0 Å². The molecule has 88 valence electrons. The number of aromatic nitrogens is 1. The van der Waals surface area contributed by atoms with Crippen molar-refractivity contribution in [3.63, 3.8) is 0 Å². The van der Waals surface area contributed by atoms with Crippen LogP contribution in [0.2, 0.25) is 0 Å². The van der Waals surface area contributed by atoms with E-state index in [1.165, 1.54) is 12.1 Å². The molecule has 0 radical (unpaired) electrons. The highest BCUT2D eigenvalue weighted by Gasteiger charge is 2.02. The number of nitrogens with one attached hydrogen (secondary N) is 2. The summed E-state index contributed by atoms with van der Waals surface area (Å²) in [5, 5.41) is 3.16. The Bertz CT molecular complexity index is 533. The predicted molar refractivity (Wildman–Crippen MR) is 74.4 cm³/mol. The summed E-state index contributed by atoms with van der Waals surface area (Å²) >= 11 is 2.07. The Hall–Kier alpha value is -1.41. The highest BCUT2D eigenvalue weighted by atomic mass is 127. The first-order valence-corrected chi connectivity index (χ1v) is 5.91. The van der Waals surface area contributed by atoms with E-state index in [1.807, 2.05) is 0 Å². The van der Waals surface area contributed by atoms with Gasteiger partial charge < -0.3 is 10.7 Å². The van der Waals surface area contributed by atoms with Crippen molar-refractivity contribution in [3.8, 4) is 0 Å². The van der Waals surface area contributed by atoms with Crippen LogP contribution >= 0.6 is 22.6 Å². The van der Waals surface area contributed by atoms with Crippen LogP contribution in [0.4, 0.5) is 21.6 Å². The summed E-state index contributed by atoms with van der Waals surface area (Å²) in [6.07, 6.45) is 1.63. The summed E-state index contributed by atoms with van der Waals surface area (Å²) in [7, 11) is 0. The Morgan fingerprint density at radius 1 is 1.24 bits per heavy atom. The van der Waals surface area contributed by atoms with Gasteiger partial charge in [0.05, 0.1) is 5.69 Å². The fourth-order valence-corrected chi connectivity index (χ4v) is 1.95. The number of benzene rings is 1. The lowest BCUT2D eigenvalue weighted by molar-refractivity contribution is 0.627. The van der Waals surface area contributed by atoms with Gasteiger partial charge in [0.2, 0.25) is 0 Å². The number of nitrogens with two attached hydrogens (primary N) is 1. The lowest BCUT2D eigenvalue weighted by atomic mass is 10.3. The molecule has 0 unspecified atom stereocenters. The van der Waals surface area contributed by atoms with Crippen LogP contribution in [0.15, 0.2) is 36.5 Å². The maximum absolute atomic E-state index is 12.9. The van der Waals surface area contributed by atoms with Crippen LogP contribution in [-0.2, 0) is 0 Å². The van der Waals surface area contributed by atoms with Gasteiger partial charge in [0.1, 0.15) is 11.6 Å². The summed E-state index contributed by atoms with van der Waals surface area (Å²) < 4.78 is 13.7. The van der Waals surface area contributed by atoms with Crippen LogP contribution < -0.4 is 16.6 Å². The smallest absolute Gasteiger partial charge is 0.141 e. The summed E-state index contributed by atoms with van der Waals surface area (Å²) in [4.78, 5) is 4.00. The molecule has 4 N–H and O–H groups in total. The Morgan fingerprint density at radius 3 is 2.76 bits per heavy atom. The Balaban J connectivity index is 2.25. The van der Waals surface area contributed by atoms with Crippen LogP contribution in [0, 0.1) is 9.39 Å². The number of hydrogen-bond acceptors (Lipinski definition) is 4. The van der Waals surface area contributed by atoms with Gasteiger partial charge in [0.15, 0.2) is 0 Å². The van der Waals surface area contributed by atoms with Gasteiger partial charge in [-0.1, -0.05) is 0 Å². The van der Waals surface area contributed by atoms with E-state index in [1.54, 1.807) is 24.4 Å². The highest BCUT2D eigenvalue weighted by molar-refractivity contribution is 14.1. The Labute approximate surface area is 112 Å². The lowest BCUT2D eigenvalue weighted by Crippen LogP contribution is -2.08. The van der Waals surface area contributed by atoms with E-state index >= 15 is 0 Å². The summed E-state index contributed by atoms with van der Waals surface area (Å²) in [5.41, 5.74) is 4.13. The van der Waals surface area contributed by atoms with Crippen molar-refractivity contribution in [1.82, 2.24) is 4.98 Å². The van der Waals surface area contributed by atoms with Crippen LogP contribution in [0.1, 0.15) is 0 Å². The molecule has 1 heterocycles. The maximum Gasteiger partial charge on any atom is 0.141 e. The third-order valence-electron chi connectivity index (χ3n) is 2.12. The average molecular weight is 344 g/mol. The molecule has 0 amide bonds. The van der Waals surface area contributed by atoms with E-state index in [-0.39, 0.29) is 5.82 Å². The van der Waals surface area contributed by atoms with Gasteiger partial charge in [-0.2, -0.15) is 0 Å². The standard InChI is InChI=1S/C11H10FIN4/c12-7-1-2-10(9(13)5-7)16-8-3-4-15-11(6-8)17-14/h1-6H,14H2,(H2,15,16,17). The Kier molecular flexibility index (Phi) is 3.75. The largest absolute Gasteiger partial charge is 0.355 e. The third-order valence-corrected chi connectivity index (χ3v) is 3.01. The second-order valence-electron chi connectivity index (χ2n) is 3.32. The molecular formula is C11H10FIN4. The molecule has 0 bridgehead atoms. The lowest BCUT2D eigenvalue weighted by Gasteiger charge is -2.09. The van der Waals surface area contributed by atoms with Gasteiger partial charge in [-0.05, 0) is 46.9 Å². The number of hydrazine groups is 1. The average Bonchev–Trinajstić information content (AvgIpc) is 2.33. The fraction of sp³-hybridized carbons (Fsp3) is 0. The minimum absolute atomic E-state index is 0.251. The van der Waals surface area contributed by atoms with Crippen LogP contribution in [-0.4, -0.2) is 4.98 Å². The van der Waals surface area contributed by atoms with Crippen molar-refractivity contribution in [2.24, 2.45) is 5.84 Å². The van der Waals surface area contributed by atoms with Crippen molar-refractivity contribution in [2.45, 2.75) is 0 Å². The van der Waals surface area contributed by atoms with Crippen molar-refractivity contribution in [3.05, 3.63) is 45.9 Å². The molecule has 4 nitrogen and oxygen atoms in total. The zero-order chi connectivity index (χ0) is 12.3. The molecule has 1 aromatic carbocycles. The van der Waals surface area contributed by atoms with E-state index < -0.39 is 0 Å². The Morgan fingerprint density at radius 2 is 2.06 bits per heavy atom. The van der Waals surface area contributed by atoms with Gasteiger partial charge >= 0.3 is 0 Å². The topological polar surface area (TPSA) is 63.0 Å². The number of hydrogen-bond donors (Lipinski definition) is 3. The van der Waals surface area contributed by atoms with Crippen molar-refractivity contribution < 1.29 is 4.39 Å². The predicted octanol–water partition coefficient (Wildman–Crippen LogP) is 2.85. The molecule has 17 heavy (non-hydrogen) atoms. The molecule has 6 heteroatoms. The molecule has 0 aliphatic heterocycles. The van der Waals surface area contributed by atoms with E-state index in [9.17, 15) is 4.39 Å². The number of halogens is 2. The van der Waals surface area contributed by atoms with Gasteiger partial charge in [-0.25, -0.2) is 15.2 Å². The summed E-state index contributed by atoms with van der Waals surface area (Å²) in [6, 6.07) is 8.13. The third kappa shape index (κ3) is 3.04. The quantitative estimate of drug-likeness (QED) is 0.455. The monoisotopic (exact) mass is 344 g/mol. The van der Waals surface area contributed by atoms with Crippen LogP contribution in [0.25, 0.3) is 0 Å². The SMILES string of the molecule is NNc1cc(Nc2ccc(F)cc2I)ccn1. The van der Waals surface area contributed by atoms with Gasteiger partial charge in [-0.3, -0.25) is 0 Å². The van der Waals surface area contributed by atoms with Crippen molar-refractivity contribution in [2.75, 3.05) is 10.7 Å². The van der Waals surface area contributed by atoms with E-state index in [2.05, 4.69) is 38.3 Å². The first kappa shape index (κ1) is 12.1. The first-order valence-electron chi connectivity index (χ1n) is 4.84. The molecule has 2 aromatic rings. The number of pyridine rings is 1. The molecule has 0 saturated carbocycles. The van der Waals surface area contributed by atoms with Crippen LogP contribution in [0.5, 0.6) is 0 Å². The first-order chi connectivity index (χ1) is 8.19. The molecule has 0 spiro atoms. The number of nitrogen functional groups attached to an aromatic ring is 1. The van der Waals surface area contributed by atoms with Gasteiger partial charge in [-0.15, -0.1) is 0 Å². The molecule has 0 atom stereocenters. The molecule has 2 rings (SSSR count). The minimum atomic E-state index is -0.251. The van der Waals surface area contributed by atoms with Gasteiger partial charge in [0, 0.05) is 21.5 Å². The molecular weight excluding hydrogens is 334 g/mol. The van der Waals surface area contributed by atoms with E-state index in [0.717, 1.165) is 14.9 Å². The highest BCUT2D eigenvalue weighted by Crippen LogP contribution is 2.23. The number of anilines is 3. The molecule has 0 aliphatic carbocycles. The molecule has 0 saturated heterocycles. The summed E-state index contributed by atoms with van der Waals surface area (Å²) in [5.74, 6) is 5.58. The zero-order valence-electron chi connectivity index (χ0n) is 8.74. The molecule has 1 aromatic heterocycles. The van der Waals surface area contributed by atoms with E-state index in [0.29, 0.717) is 5.82 Å². The summed E-state index contributed by atoms with van der Waals surface area (Å²) in [6.45, 7) is 0. The van der Waals surface area contributed by atoms with Crippen molar-refractivity contribution in [1.29, 1.82) is 0 Å². The number of rotatable bonds is 3. The van der Waals surface area contributed by atoms with Crippen LogP contribution in [0.3, 0.4) is 0 Å². The minimum Gasteiger partial charge on any atom is -0.355 e. The molecule has 0 aliphatic rings. The second kappa shape index (κ2) is 5.28. The second-order valence-corrected chi connectivity index (χ2v) is 4.49. The van der Waals surface area contributed by atoms with Crippen molar-refractivity contribution >= 4 is 39.8 Å². The number of nitrogens with zero attached hydrogens (tertiary/aromatic N) is 1. The fourth-order valence-electron chi connectivity index (χ4n) is 1.33. The zero-order valence-corrected chi connectivity index (χ0v) is 10.9. The molecule has 0 fully saturated rings. The maximum atomic E-state index is 12.9. The van der Waals surface area contributed by atoms with E-state index in [4.69, 9.17) is 5.84 Å². The normalized spacial score (nSPS) is 10.1.